The normalized spacial score (nSPS) is 21.0. The summed E-state index contributed by atoms with van der Waals surface area (Å²) in [4.78, 5) is 25.5. The molecular formula is C20H20ClNO3. The van der Waals surface area contributed by atoms with Crippen LogP contribution in [0.15, 0.2) is 40.7 Å². The van der Waals surface area contributed by atoms with Crippen LogP contribution in [0.25, 0.3) is 0 Å². The number of benzene rings is 1. The quantitative estimate of drug-likeness (QED) is 0.867. The number of carbonyl (C=O) groups excluding carboxylic acids is 2. The number of dihydropyridines is 1. The molecule has 1 aromatic rings. The molecule has 5 heteroatoms. The first-order chi connectivity index (χ1) is 12.1. The van der Waals surface area contributed by atoms with Crippen LogP contribution in [0.5, 0.6) is 5.75 Å². The van der Waals surface area contributed by atoms with Gasteiger partial charge in [0, 0.05) is 41.3 Å². The van der Waals surface area contributed by atoms with Gasteiger partial charge in [-0.15, -0.1) is 0 Å². The number of nitrogens with one attached hydrogen (secondary N) is 1. The van der Waals surface area contributed by atoms with Crippen LogP contribution in [0.1, 0.15) is 50.0 Å². The largest absolute Gasteiger partial charge is 0.495 e. The first-order valence-electron chi connectivity index (χ1n) is 8.73. The summed E-state index contributed by atoms with van der Waals surface area (Å²) in [6.45, 7) is 0. The average Bonchev–Trinajstić information content (AvgIpc) is 2.61. The number of ether oxygens (including phenoxy) is 1. The van der Waals surface area contributed by atoms with Crippen molar-refractivity contribution in [3.8, 4) is 5.75 Å². The molecular weight excluding hydrogens is 338 g/mol. The molecule has 0 amide bonds. The number of hydrogen-bond donors (Lipinski definition) is 1. The summed E-state index contributed by atoms with van der Waals surface area (Å²) in [5, 5.41) is 3.89. The van der Waals surface area contributed by atoms with Crippen LogP contribution in [0.2, 0.25) is 5.02 Å². The third-order valence-corrected chi connectivity index (χ3v) is 5.72. The Labute approximate surface area is 151 Å². The van der Waals surface area contributed by atoms with E-state index in [1.165, 1.54) is 0 Å². The molecule has 1 heterocycles. The van der Waals surface area contributed by atoms with Gasteiger partial charge in [0.2, 0.25) is 0 Å². The number of ketones is 2. The van der Waals surface area contributed by atoms with E-state index < -0.39 is 0 Å². The topological polar surface area (TPSA) is 55.4 Å². The van der Waals surface area contributed by atoms with Gasteiger partial charge in [0.25, 0.3) is 0 Å². The van der Waals surface area contributed by atoms with Crippen molar-refractivity contribution in [3.05, 3.63) is 51.3 Å². The van der Waals surface area contributed by atoms with Crippen LogP contribution < -0.4 is 10.1 Å². The predicted octanol–water partition coefficient (Wildman–Crippen LogP) is 4.05. The molecule has 0 atom stereocenters. The molecule has 2 aliphatic carbocycles. The third-order valence-electron chi connectivity index (χ3n) is 5.32. The Hall–Kier alpha value is -2.07. The lowest BCUT2D eigenvalue weighted by molar-refractivity contribution is -0.116. The van der Waals surface area contributed by atoms with Crippen LogP contribution in [0.3, 0.4) is 0 Å². The van der Waals surface area contributed by atoms with Crippen molar-refractivity contribution in [2.45, 2.75) is 44.4 Å². The summed E-state index contributed by atoms with van der Waals surface area (Å²) in [7, 11) is 1.57. The van der Waals surface area contributed by atoms with Crippen LogP contribution in [-0.4, -0.2) is 18.7 Å². The van der Waals surface area contributed by atoms with E-state index in [1.54, 1.807) is 13.2 Å². The van der Waals surface area contributed by atoms with Gasteiger partial charge in [-0.1, -0.05) is 23.7 Å². The van der Waals surface area contributed by atoms with E-state index in [0.717, 1.165) is 53.8 Å². The van der Waals surface area contributed by atoms with Crippen molar-refractivity contribution in [1.29, 1.82) is 0 Å². The summed E-state index contributed by atoms with van der Waals surface area (Å²) in [5.41, 5.74) is 4.15. The van der Waals surface area contributed by atoms with Crippen LogP contribution >= 0.6 is 11.6 Å². The Morgan fingerprint density at radius 1 is 1.00 bits per heavy atom. The second-order valence-electron chi connectivity index (χ2n) is 6.76. The van der Waals surface area contributed by atoms with E-state index in [1.807, 2.05) is 12.1 Å². The lowest BCUT2D eigenvalue weighted by Gasteiger charge is -2.37. The Bertz CT molecular complexity index is 795. The molecule has 25 heavy (non-hydrogen) atoms. The van der Waals surface area contributed by atoms with Crippen LogP contribution in [0, 0.1) is 0 Å². The van der Waals surface area contributed by atoms with Gasteiger partial charge < -0.3 is 10.1 Å². The smallest absolute Gasteiger partial charge is 0.161 e. The number of carbonyl (C=O) groups is 2. The number of methoxy groups -OCH3 is 1. The molecule has 1 N–H and O–H groups in total. The van der Waals surface area contributed by atoms with Crippen molar-refractivity contribution < 1.29 is 14.3 Å². The molecule has 0 bridgehead atoms. The standard InChI is InChI=1S/C20H20ClNO3/c1-25-16-10-2-5-11(20(16)21)17-18-12(6-3-8-14(18)23)22-13-7-4-9-15(24)19(13)17/h2,5,10,17,22H,3-4,6-9H2,1H3. The van der Waals surface area contributed by atoms with Gasteiger partial charge in [0.05, 0.1) is 12.1 Å². The second kappa shape index (κ2) is 6.34. The first-order valence-corrected chi connectivity index (χ1v) is 9.11. The average molecular weight is 358 g/mol. The fourth-order valence-corrected chi connectivity index (χ4v) is 4.51. The maximum Gasteiger partial charge on any atom is 0.161 e. The highest BCUT2D eigenvalue weighted by molar-refractivity contribution is 6.33. The molecule has 0 aromatic heterocycles. The summed E-state index contributed by atoms with van der Waals surface area (Å²) in [6.07, 6.45) is 4.42. The molecule has 4 rings (SSSR count). The van der Waals surface area contributed by atoms with Crippen molar-refractivity contribution in [3.63, 3.8) is 0 Å². The van der Waals surface area contributed by atoms with E-state index in [-0.39, 0.29) is 17.5 Å². The molecule has 1 aliphatic heterocycles. The van der Waals surface area contributed by atoms with Crippen molar-refractivity contribution in [2.24, 2.45) is 0 Å². The van der Waals surface area contributed by atoms with E-state index in [4.69, 9.17) is 16.3 Å². The second-order valence-corrected chi connectivity index (χ2v) is 7.14. The van der Waals surface area contributed by atoms with E-state index >= 15 is 0 Å². The third kappa shape index (κ3) is 2.60. The minimum atomic E-state index is -0.380. The monoisotopic (exact) mass is 357 g/mol. The minimum absolute atomic E-state index is 0.113. The zero-order chi connectivity index (χ0) is 17.6. The molecule has 0 radical (unpaired) electrons. The highest BCUT2D eigenvalue weighted by atomic mass is 35.5. The summed E-state index contributed by atoms with van der Waals surface area (Å²) >= 11 is 6.59. The van der Waals surface area contributed by atoms with E-state index in [2.05, 4.69) is 5.32 Å². The lowest BCUT2D eigenvalue weighted by atomic mass is 9.71. The number of Topliss-reactive ketones (excluding diaryl/α,β-unsaturated/α-hetero) is 2. The van der Waals surface area contributed by atoms with E-state index in [0.29, 0.717) is 23.6 Å². The number of rotatable bonds is 2. The highest BCUT2D eigenvalue weighted by Gasteiger charge is 2.41. The lowest BCUT2D eigenvalue weighted by Crippen LogP contribution is -2.36. The minimum Gasteiger partial charge on any atom is -0.495 e. The first kappa shape index (κ1) is 16.4. The van der Waals surface area contributed by atoms with Crippen molar-refractivity contribution in [1.82, 2.24) is 5.32 Å². The molecule has 3 aliphatic rings. The van der Waals surface area contributed by atoms with Crippen LogP contribution in [-0.2, 0) is 9.59 Å². The van der Waals surface area contributed by atoms with Gasteiger partial charge in [-0.25, -0.2) is 0 Å². The molecule has 130 valence electrons. The van der Waals surface area contributed by atoms with Gasteiger partial charge in [-0.05, 0) is 37.3 Å². The Morgan fingerprint density at radius 2 is 1.60 bits per heavy atom. The fourth-order valence-electron chi connectivity index (χ4n) is 4.20. The van der Waals surface area contributed by atoms with Gasteiger partial charge in [0.1, 0.15) is 5.75 Å². The van der Waals surface area contributed by atoms with Gasteiger partial charge in [-0.2, -0.15) is 0 Å². The zero-order valence-corrected chi connectivity index (χ0v) is 14.9. The number of hydrogen-bond acceptors (Lipinski definition) is 4. The molecule has 1 aromatic carbocycles. The van der Waals surface area contributed by atoms with Gasteiger partial charge in [0.15, 0.2) is 11.6 Å². The summed E-state index contributed by atoms with van der Waals surface area (Å²) < 4.78 is 5.35. The number of halogens is 1. The molecule has 4 nitrogen and oxygen atoms in total. The van der Waals surface area contributed by atoms with Crippen molar-refractivity contribution >= 4 is 23.2 Å². The highest BCUT2D eigenvalue weighted by Crippen LogP contribution is 2.48. The summed E-state index contributed by atoms with van der Waals surface area (Å²) in [6, 6.07) is 5.56. The van der Waals surface area contributed by atoms with E-state index in [9.17, 15) is 9.59 Å². The predicted molar refractivity (Wildman–Crippen MR) is 95.6 cm³/mol. The maximum atomic E-state index is 12.8. The Balaban J connectivity index is 1.95. The molecule has 0 saturated carbocycles. The summed E-state index contributed by atoms with van der Waals surface area (Å²) in [5.74, 6) is 0.410. The maximum absolute atomic E-state index is 12.8. The SMILES string of the molecule is COc1cccc(C2C3=C(CCCC3=O)NC3=C2C(=O)CCC3)c1Cl. The van der Waals surface area contributed by atoms with Crippen molar-refractivity contribution in [2.75, 3.05) is 7.11 Å². The molecule has 0 fully saturated rings. The zero-order valence-electron chi connectivity index (χ0n) is 14.2. The fraction of sp³-hybridized carbons (Fsp3) is 0.400. The Kier molecular flexibility index (Phi) is 4.16. The molecule has 0 unspecified atom stereocenters. The van der Waals surface area contributed by atoms with Gasteiger partial charge in [-0.3, -0.25) is 9.59 Å². The number of allylic oxidation sites excluding steroid dienone is 4. The van der Waals surface area contributed by atoms with Crippen LogP contribution in [0.4, 0.5) is 0 Å². The Morgan fingerprint density at radius 3 is 2.16 bits per heavy atom. The molecule has 0 spiro atoms. The van der Waals surface area contributed by atoms with Gasteiger partial charge >= 0.3 is 0 Å². The molecule has 0 saturated heterocycles.